The van der Waals surface area contributed by atoms with Crippen LogP contribution in [0.5, 0.6) is 0 Å². The van der Waals surface area contributed by atoms with Gasteiger partial charge in [0.1, 0.15) is 5.82 Å². The van der Waals surface area contributed by atoms with Crippen LogP contribution in [-0.4, -0.2) is 13.1 Å². The fraction of sp³-hybridized carbons (Fsp3) is 0.333. The molecule has 0 aliphatic carbocycles. The summed E-state index contributed by atoms with van der Waals surface area (Å²) in [4.78, 5) is 0. The van der Waals surface area contributed by atoms with Gasteiger partial charge < -0.3 is 5.32 Å². The van der Waals surface area contributed by atoms with Crippen LogP contribution in [0.25, 0.3) is 0 Å². The quantitative estimate of drug-likeness (QED) is 0.814. The lowest BCUT2D eigenvalue weighted by atomic mass is 9.91. The van der Waals surface area contributed by atoms with Gasteiger partial charge in [0.05, 0.1) is 0 Å². The Morgan fingerprint density at radius 1 is 1.19 bits per heavy atom. The molecule has 0 saturated heterocycles. The number of nitrogens with one attached hydrogen (secondary N) is 1. The molecule has 0 aliphatic heterocycles. The van der Waals surface area contributed by atoms with Crippen LogP contribution < -0.4 is 5.32 Å². The van der Waals surface area contributed by atoms with E-state index in [0.717, 1.165) is 41.2 Å². The van der Waals surface area contributed by atoms with Crippen LogP contribution in [0.4, 0.5) is 4.39 Å². The molecule has 0 aromatic heterocycles. The van der Waals surface area contributed by atoms with Crippen molar-refractivity contribution in [3.8, 4) is 0 Å². The molecule has 2 aromatic rings. The van der Waals surface area contributed by atoms with Crippen molar-refractivity contribution >= 4 is 11.6 Å². The van der Waals surface area contributed by atoms with Crippen LogP contribution in [0.2, 0.25) is 5.02 Å². The molecule has 2 aromatic carbocycles. The Morgan fingerprint density at radius 2 is 2.00 bits per heavy atom. The standard InChI is InChI=1S/C18H21ClFN/c1-3-21-12-16(14-5-4-6-17(20)11-14)10-15-8-7-13(2)9-18(15)19/h4-9,11,16,21H,3,10,12H2,1-2H3. The Morgan fingerprint density at radius 3 is 2.67 bits per heavy atom. The molecule has 0 saturated carbocycles. The van der Waals surface area contributed by atoms with Crippen molar-refractivity contribution in [2.24, 2.45) is 0 Å². The number of likely N-dealkylation sites (N-methyl/N-ethyl adjacent to an activating group) is 1. The largest absolute Gasteiger partial charge is 0.316 e. The van der Waals surface area contributed by atoms with Crippen LogP contribution in [0.15, 0.2) is 42.5 Å². The molecule has 0 bridgehead atoms. The summed E-state index contributed by atoms with van der Waals surface area (Å²) < 4.78 is 13.5. The first-order chi connectivity index (χ1) is 10.1. The van der Waals surface area contributed by atoms with Crippen LogP contribution in [0.1, 0.15) is 29.5 Å². The average Bonchev–Trinajstić information content (AvgIpc) is 2.45. The minimum atomic E-state index is -0.191. The van der Waals surface area contributed by atoms with E-state index < -0.39 is 0 Å². The van der Waals surface area contributed by atoms with E-state index in [2.05, 4.69) is 24.4 Å². The summed E-state index contributed by atoms with van der Waals surface area (Å²) in [5, 5.41) is 4.14. The number of benzene rings is 2. The van der Waals surface area contributed by atoms with Crippen molar-refractivity contribution in [3.63, 3.8) is 0 Å². The summed E-state index contributed by atoms with van der Waals surface area (Å²) in [5.41, 5.74) is 3.26. The number of aryl methyl sites for hydroxylation is 1. The third-order valence-corrected chi connectivity index (χ3v) is 3.99. The third-order valence-electron chi connectivity index (χ3n) is 3.64. The number of hydrogen-bond donors (Lipinski definition) is 1. The molecule has 0 heterocycles. The molecule has 21 heavy (non-hydrogen) atoms. The monoisotopic (exact) mass is 305 g/mol. The second-order valence-corrected chi connectivity index (χ2v) is 5.77. The second kappa shape index (κ2) is 7.58. The average molecular weight is 306 g/mol. The fourth-order valence-corrected chi connectivity index (χ4v) is 2.78. The summed E-state index contributed by atoms with van der Waals surface area (Å²) in [6, 6.07) is 12.9. The Kier molecular flexibility index (Phi) is 5.77. The zero-order chi connectivity index (χ0) is 15.2. The van der Waals surface area contributed by atoms with E-state index in [4.69, 9.17) is 11.6 Å². The molecular formula is C18H21ClFN. The fourth-order valence-electron chi connectivity index (χ4n) is 2.47. The highest BCUT2D eigenvalue weighted by Gasteiger charge is 2.14. The molecule has 1 N–H and O–H groups in total. The smallest absolute Gasteiger partial charge is 0.123 e. The van der Waals surface area contributed by atoms with Crippen LogP contribution >= 0.6 is 11.6 Å². The summed E-state index contributed by atoms with van der Waals surface area (Å²) in [6.07, 6.45) is 0.801. The van der Waals surface area contributed by atoms with Crippen molar-refractivity contribution in [2.45, 2.75) is 26.2 Å². The van der Waals surface area contributed by atoms with E-state index in [1.165, 1.54) is 6.07 Å². The van der Waals surface area contributed by atoms with Gasteiger partial charge in [-0.25, -0.2) is 4.39 Å². The third kappa shape index (κ3) is 4.55. The van der Waals surface area contributed by atoms with Crippen LogP contribution in [0, 0.1) is 12.7 Å². The van der Waals surface area contributed by atoms with E-state index in [9.17, 15) is 4.39 Å². The van der Waals surface area contributed by atoms with E-state index in [1.54, 1.807) is 12.1 Å². The number of hydrogen-bond acceptors (Lipinski definition) is 1. The summed E-state index contributed by atoms with van der Waals surface area (Å²) in [6.45, 7) is 5.80. The maximum absolute atomic E-state index is 13.5. The minimum absolute atomic E-state index is 0.191. The van der Waals surface area contributed by atoms with Crippen molar-refractivity contribution in [3.05, 3.63) is 70.0 Å². The molecule has 2 rings (SSSR count). The Hall–Kier alpha value is -1.38. The molecule has 0 fully saturated rings. The van der Waals surface area contributed by atoms with Gasteiger partial charge in [-0.1, -0.05) is 42.8 Å². The zero-order valence-corrected chi connectivity index (χ0v) is 13.3. The van der Waals surface area contributed by atoms with E-state index in [-0.39, 0.29) is 11.7 Å². The summed E-state index contributed by atoms with van der Waals surface area (Å²) >= 11 is 6.33. The molecule has 3 heteroatoms. The molecule has 1 unspecified atom stereocenters. The van der Waals surface area contributed by atoms with E-state index in [1.807, 2.05) is 19.1 Å². The lowest BCUT2D eigenvalue weighted by Crippen LogP contribution is -2.22. The van der Waals surface area contributed by atoms with Gasteiger partial charge in [0.15, 0.2) is 0 Å². The molecule has 0 radical (unpaired) electrons. The molecule has 112 valence electrons. The van der Waals surface area contributed by atoms with E-state index >= 15 is 0 Å². The van der Waals surface area contributed by atoms with Crippen molar-refractivity contribution in [1.29, 1.82) is 0 Å². The topological polar surface area (TPSA) is 12.0 Å². The van der Waals surface area contributed by atoms with E-state index in [0.29, 0.717) is 0 Å². The van der Waals surface area contributed by atoms with Crippen molar-refractivity contribution in [1.82, 2.24) is 5.32 Å². The zero-order valence-electron chi connectivity index (χ0n) is 12.5. The Labute approximate surface area is 131 Å². The first-order valence-corrected chi connectivity index (χ1v) is 7.69. The SMILES string of the molecule is CCNCC(Cc1ccc(C)cc1Cl)c1cccc(F)c1. The van der Waals surface area contributed by atoms with Crippen LogP contribution in [-0.2, 0) is 6.42 Å². The van der Waals surface area contributed by atoms with Gasteiger partial charge in [0.2, 0.25) is 0 Å². The van der Waals surface area contributed by atoms with Gasteiger partial charge in [0.25, 0.3) is 0 Å². The maximum atomic E-state index is 13.5. The number of rotatable bonds is 6. The molecule has 0 aliphatic rings. The highest BCUT2D eigenvalue weighted by atomic mass is 35.5. The predicted octanol–water partition coefficient (Wildman–Crippen LogP) is 4.72. The first kappa shape index (κ1) is 16.0. The van der Waals surface area contributed by atoms with Gasteiger partial charge >= 0.3 is 0 Å². The molecule has 1 nitrogen and oxygen atoms in total. The van der Waals surface area contributed by atoms with Gasteiger partial charge in [0, 0.05) is 17.5 Å². The molecule has 0 amide bonds. The van der Waals surface area contributed by atoms with Crippen molar-refractivity contribution in [2.75, 3.05) is 13.1 Å². The maximum Gasteiger partial charge on any atom is 0.123 e. The number of halogens is 2. The van der Waals surface area contributed by atoms with Gasteiger partial charge in [-0.3, -0.25) is 0 Å². The normalized spacial score (nSPS) is 12.4. The Balaban J connectivity index is 2.23. The molecule has 1 atom stereocenters. The lowest BCUT2D eigenvalue weighted by molar-refractivity contribution is 0.583. The molecular weight excluding hydrogens is 285 g/mol. The predicted molar refractivity (Wildman–Crippen MR) is 87.6 cm³/mol. The molecule has 0 spiro atoms. The summed E-state index contributed by atoms with van der Waals surface area (Å²) in [5.74, 6) is 0.0184. The highest BCUT2D eigenvalue weighted by Crippen LogP contribution is 2.26. The lowest BCUT2D eigenvalue weighted by Gasteiger charge is -2.19. The first-order valence-electron chi connectivity index (χ1n) is 7.31. The van der Waals surface area contributed by atoms with Gasteiger partial charge in [-0.2, -0.15) is 0 Å². The Bertz CT molecular complexity index is 598. The minimum Gasteiger partial charge on any atom is -0.316 e. The van der Waals surface area contributed by atoms with Crippen LogP contribution in [0.3, 0.4) is 0 Å². The van der Waals surface area contributed by atoms with Crippen molar-refractivity contribution < 1.29 is 4.39 Å². The second-order valence-electron chi connectivity index (χ2n) is 5.36. The van der Waals surface area contributed by atoms with Gasteiger partial charge in [-0.05, 0) is 54.8 Å². The summed E-state index contributed by atoms with van der Waals surface area (Å²) in [7, 11) is 0. The highest BCUT2D eigenvalue weighted by molar-refractivity contribution is 6.31. The van der Waals surface area contributed by atoms with Gasteiger partial charge in [-0.15, -0.1) is 0 Å².